The molecule has 3 aliphatic rings. The van der Waals surface area contributed by atoms with Crippen LogP contribution in [0.1, 0.15) is 35.2 Å². The summed E-state index contributed by atoms with van der Waals surface area (Å²) in [6.45, 7) is 1.91. The van der Waals surface area contributed by atoms with Crippen LogP contribution < -0.4 is 4.90 Å². The Morgan fingerprint density at radius 3 is 2.28 bits per heavy atom. The third kappa shape index (κ3) is 2.58. The molecule has 0 radical (unpaired) electrons. The molecule has 3 fully saturated rings. The van der Waals surface area contributed by atoms with E-state index in [-0.39, 0.29) is 29.2 Å². The van der Waals surface area contributed by atoms with Gasteiger partial charge in [-0.05, 0) is 61.8 Å². The van der Waals surface area contributed by atoms with Gasteiger partial charge in [0, 0.05) is 10.9 Å². The van der Waals surface area contributed by atoms with Crippen LogP contribution >= 0.6 is 0 Å². The lowest BCUT2D eigenvalue weighted by molar-refractivity contribution is -0.123. The van der Waals surface area contributed by atoms with Crippen molar-refractivity contribution in [2.75, 3.05) is 4.90 Å². The van der Waals surface area contributed by atoms with Crippen LogP contribution in [0.2, 0.25) is 0 Å². The van der Waals surface area contributed by atoms with Gasteiger partial charge in [0.2, 0.25) is 11.8 Å². The van der Waals surface area contributed by atoms with Gasteiger partial charge >= 0.3 is 5.97 Å². The molecule has 2 aliphatic carbocycles. The third-order valence-corrected chi connectivity index (χ3v) is 7.62. The van der Waals surface area contributed by atoms with Crippen LogP contribution in [0.5, 0.6) is 0 Å². The molecule has 6 nitrogen and oxygen atoms in total. The molecule has 2 bridgehead atoms. The number of aromatic nitrogens is 1. The van der Waals surface area contributed by atoms with E-state index in [2.05, 4.69) is 0 Å². The van der Waals surface area contributed by atoms with Crippen LogP contribution in [0.3, 0.4) is 0 Å². The highest BCUT2D eigenvalue weighted by Crippen LogP contribution is 2.56. The summed E-state index contributed by atoms with van der Waals surface area (Å²) in [5.41, 5.74) is 3.61. The maximum absolute atomic E-state index is 13.1. The van der Waals surface area contributed by atoms with E-state index in [0.717, 1.165) is 30.4 Å². The van der Waals surface area contributed by atoms with Crippen LogP contribution in [0.15, 0.2) is 48.5 Å². The number of imide groups is 1. The first kappa shape index (κ1) is 19.2. The number of carboxylic acid groups (broad SMARTS) is 1. The lowest BCUT2D eigenvalue weighted by Gasteiger charge is -2.19. The van der Waals surface area contributed by atoms with Crippen LogP contribution in [0.25, 0.3) is 22.2 Å². The highest BCUT2D eigenvalue weighted by molar-refractivity contribution is 6.22. The van der Waals surface area contributed by atoms with E-state index in [1.807, 2.05) is 19.1 Å². The van der Waals surface area contributed by atoms with Crippen LogP contribution in [0.4, 0.5) is 5.69 Å². The number of anilines is 1. The summed E-state index contributed by atoms with van der Waals surface area (Å²) in [6.07, 6.45) is 3.12. The zero-order valence-electron chi connectivity index (χ0n) is 17.6. The van der Waals surface area contributed by atoms with Crippen LogP contribution in [0, 0.1) is 30.6 Å². The first-order valence-electron chi connectivity index (χ1n) is 11.1. The number of aromatic carboxylic acids is 1. The van der Waals surface area contributed by atoms with Crippen molar-refractivity contribution in [1.82, 2.24) is 4.98 Å². The summed E-state index contributed by atoms with van der Waals surface area (Å²) in [5, 5.41) is 10.3. The quantitative estimate of drug-likeness (QED) is 0.626. The molecular weight excluding hydrogens is 404 g/mol. The Hall–Kier alpha value is -3.54. The van der Waals surface area contributed by atoms with Crippen molar-refractivity contribution in [3.8, 4) is 11.3 Å². The number of aryl methyl sites for hydroxylation is 1. The summed E-state index contributed by atoms with van der Waals surface area (Å²) < 4.78 is 0. The molecule has 1 saturated heterocycles. The zero-order valence-corrected chi connectivity index (χ0v) is 17.6. The predicted octanol–water partition coefficient (Wildman–Crippen LogP) is 4.44. The van der Waals surface area contributed by atoms with Crippen molar-refractivity contribution in [1.29, 1.82) is 0 Å². The van der Waals surface area contributed by atoms with Gasteiger partial charge in [-0.2, -0.15) is 0 Å². The number of amides is 2. The summed E-state index contributed by atoms with van der Waals surface area (Å²) in [5.74, 6) is -0.723. The first-order chi connectivity index (χ1) is 15.4. The largest absolute Gasteiger partial charge is 0.478 e. The number of fused-ring (bicyclic) bond motifs is 6. The second-order valence-electron chi connectivity index (χ2n) is 9.27. The molecule has 6 rings (SSSR count). The number of hydrogen-bond acceptors (Lipinski definition) is 4. The van der Waals surface area contributed by atoms with E-state index in [1.54, 1.807) is 36.4 Å². The average Bonchev–Trinajstić information content (AvgIpc) is 3.47. The molecular formula is C26H22N2O4. The van der Waals surface area contributed by atoms with Gasteiger partial charge in [0.15, 0.2) is 0 Å². The van der Waals surface area contributed by atoms with E-state index in [4.69, 9.17) is 4.98 Å². The molecule has 2 amide bonds. The fourth-order valence-corrected chi connectivity index (χ4v) is 6.16. The van der Waals surface area contributed by atoms with Crippen molar-refractivity contribution in [2.45, 2.75) is 26.2 Å². The zero-order chi connectivity index (χ0) is 22.1. The highest BCUT2D eigenvalue weighted by Gasteiger charge is 2.61. The van der Waals surface area contributed by atoms with Crippen LogP contribution in [-0.2, 0) is 9.59 Å². The Bertz CT molecular complexity index is 1290. The molecule has 0 spiro atoms. The normalized spacial score (nSPS) is 26.2. The summed E-state index contributed by atoms with van der Waals surface area (Å²) >= 11 is 0. The average molecular weight is 426 g/mol. The predicted molar refractivity (Wildman–Crippen MR) is 119 cm³/mol. The number of carboxylic acids is 1. The summed E-state index contributed by atoms with van der Waals surface area (Å²) in [7, 11) is 0. The fourth-order valence-electron chi connectivity index (χ4n) is 6.16. The molecule has 6 heteroatoms. The number of para-hydroxylation sites is 1. The van der Waals surface area contributed by atoms with E-state index >= 15 is 0 Å². The Morgan fingerprint density at radius 1 is 1.00 bits per heavy atom. The van der Waals surface area contributed by atoms with E-state index in [1.165, 1.54) is 4.90 Å². The molecule has 1 aromatic heterocycles. The molecule has 2 heterocycles. The third-order valence-electron chi connectivity index (χ3n) is 7.62. The van der Waals surface area contributed by atoms with Gasteiger partial charge in [-0.3, -0.25) is 14.5 Å². The molecule has 4 atom stereocenters. The van der Waals surface area contributed by atoms with Crippen molar-refractivity contribution in [3.63, 3.8) is 0 Å². The SMILES string of the molecule is Cc1cccc2c(C(=O)O)cc(-c3ccc(N4C(=O)C5C6CCC(C6)C5C4=O)cc3)nc12. The summed E-state index contributed by atoms with van der Waals surface area (Å²) in [6, 6.07) is 14.2. The minimum absolute atomic E-state index is 0.0624. The number of carbonyl (C=O) groups excluding carboxylic acids is 2. The Morgan fingerprint density at radius 2 is 1.66 bits per heavy atom. The van der Waals surface area contributed by atoms with Crippen molar-refractivity contribution < 1.29 is 19.5 Å². The lowest BCUT2D eigenvalue weighted by Crippen LogP contribution is -2.32. The molecule has 1 aliphatic heterocycles. The minimum Gasteiger partial charge on any atom is -0.478 e. The second kappa shape index (κ2) is 6.73. The molecule has 4 unspecified atom stereocenters. The van der Waals surface area contributed by atoms with E-state index in [9.17, 15) is 19.5 Å². The van der Waals surface area contributed by atoms with Gasteiger partial charge in [-0.15, -0.1) is 0 Å². The monoisotopic (exact) mass is 426 g/mol. The second-order valence-corrected chi connectivity index (χ2v) is 9.27. The number of rotatable bonds is 3. The Kier molecular flexibility index (Phi) is 4.03. The Balaban J connectivity index is 1.37. The molecule has 1 N–H and O–H groups in total. The number of pyridine rings is 1. The lowest BCUT2D eigenvalue weighted by atomic mass is 9.81. The standard InChI is InChI=1S/C26H22N2O4/c1-13-3-2-4-18-19(26(31)32)12-20(27-23(13)18)14-7-9-17(10-8-14)28-24(29)21-15-5-6-16(11-15)22(21)25(28)30/h2-4,7-10,12,15-16,21-22H,5-6,11H2,1H3,(H,31,32). The van der Waals surface area contributed by atoms with Crippen molar-refractivity contribution in [3.05, 3.63) is 59.7 Å². The molecule has 3 aromatic rings. The smallest absolute Gasteiger partial charge is 0.336 e. The van der Waals surface area contributed by atoms with E-state index in [0.29, 0.717) is 34.1 Å². The maximum atomic E-state index is 13.1. The summed E-state index contributed by atoms with van der Waals surface area (Å²) in [4.78, 5) is 44.1. The number of carbonyl (C=O) groups is 3. The Labute approximate surface area is 184 Å². The van der Waals surface area contributed by atoms with Gasteiger partial charge in [-0.1, -0.05) is 30.3 Å². The fraction of sp³-hybridized carbons (Fsp3) is 0.308. The van der Waals surface area contributed by atoms with Gasteiger partial charge in [0.05, 0.1) is 34.3 Å². The maximum Gasteiger partial charge on any atom is 0.336 e. The molecule has 32 heavy (non-hydrogen) atoms. The molecule has 160 valence electrons. The number of hydrogen-bond donors (Lipinski definition) is 1. The topological polar surface area (TPSA) is 87.6 Å². The minimum atomic E-state index is -1.00. The number of benzene rings is 2. The number of nitrogens with zero attached hydrogens (tertiary/aromatic N) is 2. The van der Waals surface area contributed by atoms with Gasteiger partial charge < -0.3 is 5.11 Å². The van der Waals surface area contributed by atoms with E-state index < -0.39 is 5.97 Å². The van der Waals surface area contributed by atoms with Gasteiger partial charge in [0.1, 0.15) is 0 Å². The van der Waals surface area contributed by atoms with Crippen LogP contribution in [-0.4, -0.2) is 27.9 Å². The molecule has 2 aromatic carbocycles. The van der Waals surface area contributed by atoms with Gasteiger partial charge in [0.25, 0.3) is 0 Å². The highest BCUT2D eigenvalue weighted by atomic mass is 16.4. The van der Waals surface area contributed by atoms with Crippen molar-refractivity contribution >= 4 is 34.4 Å². The van der Waals surface area contributed by atoms with Crippen molar-refractivity contribution in [2.24, 2.45) is 23.7 Å². The first-order valence-corrected chi connectivity index (χ1v) is 11.1. The molecule has 2 saturated carbocycles. The van der Waals surface area contributed by atoms with Gasteiger partial charge in [-0.25, -0.2) is 9.78 Å².